The van der Waals surface area contributed by atoms with E-state index in [0.717, 1.165) is 28.5 Å². The van der Waals surface area contributed by atoms with Crippen molar-refractivity contribution in [3.05, 3.63) is 138 Å². The van der Waals surface area contributed by atoms with Crippen LogP contribution in [0.25, 0.3) is 0 Å². The first kappa shape index (κ1) is 52.9. The van der Waals surface area contributed by atoms with Gasteiger partial charge in [0.1, 0.15) is 6.10 Å². The van der Waals surface area contributed by atoms with Gasteiger partial charge in [-0.05, 0) is 110 Å². The largest absolute Gasteiger partial charge is 0.462 e. The van der Waals surface area contributed by atoms with E-state index in [-0.39, 0.29) is 45.7 Å². The van der Waals surface area contributed by atoms with Crippen molar-refractivity contribution in [1.82, 2.24) is 0 Å². The molecule has 1 aliphatic heterocycles. The van der Waals surface area contributed by atoms with Crippen LogP contribution in [0.4, 0.5) is 0 Å². The van der Waals surface area contributed by atoms with Gasteiger partial charge in [0.05, 0.1) is 24.4 Å². The van der Waals surface area contributed by atoms with Crippen molar-refractivity contribution in [3.8, 4) is 0 Å². The van der Waals surface area contributed by atoms with Crippen LogP contribution in [0.5, 0.6) is 0 Å². The van der Waals surface area contributed by atoms with Crippen LogP contribution in [0.3, 0.4) is 0 Å². The number of rotatable bonds is 20. The van der Waals surface area contributed by atoms with Crippen molar-refractivity contribution in [2.75, 3.05) is 6.61 Å². The van der Waals surface area contributed by atoms with Crippen LogP contribution in [0.2, 0.25) is 48.9 Å². The summed E-state index contributed by atoms with van der Waals surface area (Å²) in [5.41, 5.74) is 2.74. The van der Waals surface area contributed by atoms with Gasteiger partial charge in [0, 0.05) is 24.3 Å². The molecule has 6 nitrogen and oxygen atoms in total. The van der Waals surface area contributed by atoms with E-state index in [2.05, 4.69) is 191 Å². The van der Waals surface area contributed by atoms with Gasteiger partial charge in [0.2, 0.25) is 0 Å². The summed E-state index contributed by atoms with van der Waals surface area (Å²) in [5, 5.41) is 2.36. The second kappa shape index (κ2) is 21.9. The van der Waals surface area contributed by atoms with Gasteiger partial charge in [-0.2, -0.15) is 0 Å². The molecule has 0 bridgehead atoms. The number of hydrogen-bond acceptors (Lipinski definition) is 7. The topological polar surface area (TPSA) is 63.2 Å². The number of carbonyl (C=O) groups is 1. The normalized spacial score (nSPS) is 18.7. The average Bonchev–Trinajstić information content (AvgIpc) is 3.54. The average molecular weight is 954 g/mol. The van der Waals surface area contributed by atoms with Gasteiger partial charge >= 0.3 is 5.97 Å². The second-order valence-electron chi connectivity index (χ2n) is 22.3. The summed E-state index contributed by atoms with van der Waals surface area (Å²) in [4.78, 5) is 15.0. The minimum atomic E-state index is -2.75. The molecule has 0 saturated carbocycles. The van der Waals surface area contributed by atoms with E-state index in [0.29, 0.717) is 25.0 Å². The highest BCUT2D eigenvalue weighted by Gasteiger charge is 2.51. The Hall–Kier alpha value is -3.07. The van der Waals surface area contributed by atoms with Crippen molar-refractivity contribution >= 4 is 52.8 Å². The summed E-state index contributed by atoms with van der Waals surface area (Å²) < 4.78 is 34.6. The van der Waals surface area contributed by atoms with Crippen LogP contribution < -0.4 is 10.4 Å². The molecule has 65 heavy (non-hydrogen) atoms. The first-order valence-electron chi connectivity index (χ1n) is 23.8. The molecule has 5 atom stereocenters. The van der Waals surface area contributed by atoms with E-state index in [4.69, 9.17) is 23.1 Å². The number of esters is 1. The quantitative estimate of drug-likeness (QED) is 0.0378. The Morgan fingerprint density at radius 2 is 1.35 bits per heavy atom. The van der Waals surface area contributed by atoms with Crippen LogP contribution >= 0.6 is 11.8 Å². The lowest BCUT2D eigenvalue weighted by atomic mass is 9.96. The Morgan fingerprint density at radius 1 is 0.785 bits per heavy atom. The van der Waals surface area contributed by atoms with E-state index in [1.807, 2.05) is 32.0 Å². The zero-order valence-corrected chi connectivity index (χ0v) is 46.1. The SMILES string of the molecule is Cc1ccc(C(=O)OCC[Si](C)(C)C)c(C(CC[C@@H]2OC(C)(C)O[C@@H]2C(/C=C\C[C@H](C)O[Si](c2ccccc2)(c2ccccc2)C(C)(C)C)O[Si](C)(C)C(C)(C)C)Sc2ccccc2)c1. The van der Waals surface area contributed by atoms with Gasteiger partial charge in [-0.3, -0.25) is 0 Å². The van der Waals surface area contributed by atoms with Gasteiger partial charge < -0.3 is 23.1 Å². The fourth-order valence-electron chi connectivity index (χ4n) is 8.46. The molecule has 354 valence electrons. The lowest BCUT2D eigenvalue weighted by molar-refractivity contribution is -0.152. The minimum absolute atomic E-state index is 0.0219. The Morgan fingerprint density at radius 3 is 1.89 bits per heavy atom. The molecular formula is C55H80O6SSi3. The second-order valence-corrected chi connectivity index (χ2v) is 38.2. The van der Waals surface area contributed by atoms with E-state index in [1.165, 1.54) is 10.4 Å². The summed E-state index contributed by atoms with van der Waals surface area (Å²) >= 11 is 1.79. The molecule has 2 unspecified atom stereocenters. The molecule has 1 saturated heterocycles. The van der Waals surface area contributed by atoms with Crippen LogP contribution in [-0.2, 0) is 23.1 Å². The molecular weight excluding hydrogens is 873 g/mol. The number of hydrogen-bond donors (Lipinski definition) is 0. The first-order valence-corrected chi connectivity index (χ1v) is 33.2. The zero-order chi connectivity index (χ0) is 47.8. The fourth-order valence-corrected chi connectivity index (χ4v) is 16.4. The van der Waals surface area contributed by atoms with Crippen LogP contribution in [-0.4, -0.2) is 67.5 Å². The number of carbonyl (C=O) groups excluding carboxylic acids is 1. The van der Waals surface area contributed by atoms with Gasteiger partial charge in [-0.1, -0.05) is 170 Å². The van der Waals surface area contributed by atoms with Crippen molar-refractivity contribution in [2.45, 2.75) is 178 Å². The zero-order valence-electron chi connectivity index (χ0n) is 42.3. The van der Waals surface area contributed by atoms with Gasteiger partial charge in [-0.15, -0.1) is 11.8 Å². The third kappa shape index (κ3) is 14.2. The molecule has 0 spiro atoms. The summed E-state index contributed by atoms with van der Waals surface area (Å²) in [6.45, 7) is 34.1. The number of thioether (sulfide) groups is 1. The maximum Gasteiger partial charge on any atom is 0.338 e. The minimum Gasteiger partial charge on any atom is -0.462 e. The van der Waals surface area contributed by atoms with E-state index in [1.54, 1.807) is 11.8 Å². The summed E-state index contributed by atoms with van der Waals surface area (Å²) in [7, 11) is -6.43. The summed E-state index contributed by atoms with van der Waals surface area (Å²) in [6.07, 6.45) is 5.63. The highest BCUT2D eigenvalue weighted by molar-refractivity contribution is 7.99. The predicted molar refractivity (Wildman–Crippen MR) is 282 cm³/mol. The molecule has 4 aromatic rings. The standard InChI is InChI=1S/C55H80O6SSi3/c1-41-34-35-46(52(56)57-38-39-63(11,12)13)47(40-41)50(62-43-27-19-16-20-28-43)37-36-48-51(59-55(9,10)58-48)49(61-64(14,15)53(3,4)5)33-25-26-42(2)60-65(54(6,7)8,44-29-21-17-22-30-44)45-31-23-18-24-32-45/h16-25,27-35,40,42,48-51H,26,36-39H2,1-15H3/b33-25-/t42-,48-,49?,50?,51-/m0/s1. The van der Waals surface area contributed by atoms with E-state index >= 15 is 0 Å². The Bertz CT molecular complexity index is 2100. The Kier molecular flexibility index (Phi) is 17.8. The van der Waals surface area contributed by atoms with Crippen molar-refractivity contribution in [2.24, 2.45) is 0 Å². The Balaban J connectivity index is 1.46. The number of benzene rings is 4. The van der Waals surface area contributed by atoms with Crippen molar-refractivity contribution < 1.29 is 27.9 Å². The lowest BCUT2D eigenvalue weighted by Crippen LogP contribution is -2.67. The molecule has 0 amide bonds. The highest BCUT2D eigenvalue weighted by atomic mass is 32.2. The van der Waals surface area contributed by atoms with Gasteiger partial charge in [0.25, 0.3) is 8.32 Å². The molecule has 0 N–H and O–H groups in total. The molecule has 4 aromatic carbocycles. The molecule has 1 fully saturated rings. The molecule has 0 radical (unpaired) electrons. The molecule has 10 heteroatoms. The van der Waals surface area contributed by atoms with Crippen LogP contribution in [0, 0.1) is 6.92 Å². The smallest absolute Gasteiger partial charge is 0.338 e. The Labute approximate surface area is 400 Å². The number of aryl methyl sites for hydroxylation is 1. The highest BCUT2D eigenvalue weighted by Crippen LogP contribution is 2.45. The maximum atomic E-state index is 13.9. The maximum absolute atomic E-state index is 13.9. The predicted octanol–water partition coefficient (Wildman–Crippen LogP) is 13.9. The molecule has 1 aliphatic rings. The summed E-state index contributed by atoms with van der Waals surface area (Å²) in [6, 6.07) is 39.3. The number of ether oxygens (including phenoxy) is 3. The van der Waals surface area contributed by atoms with E-state index < -0.39 is 30.5 Å². The third-order valence-electron chi connectivity index (χ3n) is 13.0. The molecule has 0 aliphatic carbocycles. The van der Waals surface area contributed by atoms with Crippen molar-refractivity contribution in [1.29, 1.82) is 0 Å². The molecule has 1 heterocycles. The lowest BCUT2D eigenvalue weighted by Gasteiger charge is -2.44. The molecule has 5 rings (SSSR count). The van der Waals surface area contributed by atoms with Crippen LogP contribution in [0.15, 0.2) is 126 Å². The van der Waals surface area contributed by atoms with Crippen LogP contribution in [0.1, 0.15) is 108 Å². The van der Waals surface area contributed by atoms with Gasteiger partial charge in [0.15, 0.2) is 14.1 Å². The third-order valence-corrected chi connectivity index (χ3v) is 25.6. The summed E-state index contributed by atoms with van der Waals surface area (Å²) in [5.74, 6) is -1.06. The first-order chi connectivity index (χ1) is 30.3. The van der Waals surface area contributed by atoms with Crippen molar-refractivity contribution in [3.63, 3.8) is 0 Å². The van der Waals surface area contributed by atoms with E-state index in [9.17, 15) is 4.79 Å². The molecule has 0 aromatic heterocycles. The monoisotopic (exact) mass is 952 g/mol. The fraction of sp³-hybridized carbons (Fsp3) is 0.509. The van der Waals surface area contributed by atoms with Gasteiger partial charge in [-0.25, -0.2) is 4.79 Å².